The van der Waals surface area contributed by atoms with Crippen LogP contribution in [0.5, 0.6) is 0 Å². The van der Waals surface area contributed by atoms with Gasteiger partial charge in [0, 0.05) is 23.6 Å². The SMILES string of the molecule is O=C(N1CCC(NCC2CC2)CC1)C1(c2cccc(Br)c2)CC1. The highest BCUT2D eigenvalue weighted by molar-refractivity contribution is 9.10. The topological polar surface area (TPSA) is 32.3 Å². The molecular weight excluding hydrogens is 352 g/mol. The second-order valence-corrected chi connectivity index (χ2v) is 8.43. The van der Waals surface area contributed by atoms with Crippen LogP contribution in [-0.4, -0.2) is 36.5 Å². The molecule has 124 valence electrons. The van der Waals surface area contributed by atoms with E-state index in [1.54, 1.807) is 0 Å². The average molecular weight is 377 g/mol. The summed E-state index contributed by atoms with van der Waals surface area (Å²) < 4.78 is 1.07. The number of carbonyl (C=O) groups excluding carboxylic acids is 1. The van der Waals surface area contributed by atoms with Crippen LogP contribution < -0.4 is 5.32 Å². The number of rotatable bonds is 5. The number of nitrogens with zero attached hydrogens (tertiary/aromatic N) is 1. The first kappa shape index (κ1) is 15.6. The molecule has 0 unspecified atom stereocenters. The maximum Gasteiger partial charge on any atom is 0.233 e. The summed E-state index contributed by atoms with van der Waals surface area (Å²) in [5.74, 6) is 1.29. The molecule has 0 bridgehead atoms. The first-order valence-corrected chi connectivity index (χ1v) is 9.75. The lowest BCUT2D eigenvalue weighted by Crippen LogP contribution is -2.48. The van der Waals surface area contributed by atoms with Crippen molar-refractivity contribution in [1.82, 2.24) is 10.2 Å². The third-order valence-electron chi connectivity index (χ3n) is 5.71. The van der Waals surface area contributed by atoms with Crippen molar-refractivity contribution >= 4 is 21.8 Å². The standard InChI is InChI=1S/C19H25BrN2O/c20-16-3-1-2-15(12-16)19(8-9-19)18(23)22-10-6-17(7-11-22)21-13-14-4-5-14/h1-3,12,14,17,21H,4-11,13H2. The number of likely N-dealkylation sites (tertiary alicyclic amines) is 1. The lowest BCUT2D eigenvalue weighted by molar-refractivity contribution is -0.135. The molecule has 1 aromatic rings. The number of amides is 1. The van der Waals surface area contributed by atoms with Crippen molar-refractivity contribution in [2.45, 2.75) is 50.0 Å². The number of carbonyl (C=O) groups is 1. The minimum absolute atomic E-state index is 0.224. The highest BCUT2D eigenvalue weighted by Gasteiger charge is 2.53. The molecule has 1 amide bonds. The van der Waals surface area contributed by atoms with E-state index < -0.39 is 0 Å². The minimum atomic E-state index is -0.224. The number of hydrogen-bond donors (Lipinski definition) is 1. The summed E-state index contributed by atoms with van der Waals surface area (Å²) in [6, 6.07) is 8.91. The van der Waals surface area contributed by atoms with Gasteiger partial charge in [0.05, 0.1) is 5.41 Å². The van der Waals surface area contributed by atoms with E-state index in [9.17, 15) is 4.79 Å². The monoisotopic (exact) mass is 376 g/mol. The zero-order chi connectivity index (χ0) is 15.9. The molecule has 3 nitrogen and oxygen atoms in total. The molecule has 0 aromatic heterocycles. The molecule has 1 saturated heterocycles. The Balaban J connectivity index is 1.36. The second-order valence-electron chi connectivity index (χ2n) is 7.51. The maximum atomic E-state index is 13.1. The van der Waals surface area contributed by atoms with E-state index in [4.69, 9.17) is 0 Å². The number of halogens is 1. The summed E-state index contributed by atoms with van der Waals surface area (Å²) in [5, 5.41) is 3.69. The molecule has 1 N–H and O–H groups in total. The Labute approximate surface area is 146 Å². The molecule has 3 aliphatic rings. The minimum Gasteiger partial charge on any atom is -0.342 e. The van der Waals surface area contributed by atoms with Crippen molar-refractivity contribution < 1.29 is 4.79 Å². The van der Waals surface area contributed by atoms with Gasteiger partial charge in [0.1, 0.15) is 0 Å². The van der Waals surface area contributed by atoms with Gasteiger partial charge in [-0.3, -0.25) is 4.79 Å². The van der Waals surface area contributed by atoms with Crippen LogP contribution in [0.4, 0.5) is 0 Å². The quantitative estimate of drug-likeness (QED) is 0.852. The van der Waals surface area contributed by atoms with Crippen LogP contribution in [0.3, 0.4) is 0 Å². The van der Waals surface area contributed by atoms with Crippen molar-refractivity contribution in [3.05, 3.63) is 34.3 Å². The molecule has 3 fully saturated rings. The van der Waals surface area contributed by atoms with Gasteiger partial charge in [0.15, 0.2) is 0 Å². The molecule has 2 aliphatic carbocycles. The lowest BCUT2D eigenvalue weighted by Gasteiger charge is -2.35. The van der Waals surface area contributed by atoms with E-state index in [1.807, 2.05) is 12.1 Å². The predicted molar refractivity (Wildman–Crippen MR) is 95.4 cm³/mol. The Morgan fingerprint density at radius 3 is 2.57 bits per heavy atom. The van der Waals surface area contributed by atoms with E-state index in [0.717, 1.165) is 49.2 Å². The number of hydrogen-bond acceptors (Lipinski definition) is 2. The number of nitrogens with one attached hydrogen (secondary N) is 1. The van der Waals surface area contributed by atoms with Crippen LogP contribution in [0.2, 0.25) is 0 Å². The number of benzene rings is 1. The van der Waals surface area contributed by atoms with E-state index in [2.05, 4.69) is 38.3 Å². The lowest BCUT2D eigenvalue weighted by atomic mass is 9.93. The largest absolute Gasteiger partial charge is 0.342 e. The third kappa shape index (κ3) is 3.34. The van der Waals surface area contributed by atoms with Crippen LogP contribution >= 0.6 is 15.9 Å². The van der Waals surface area contributed by atoms with Gasteiger partial charge < -0.3 is 10.2 Å². The molecule has 23 heavy (non-hydrogen) atoms. The summed E-state index contributed by atoms with van der Waals surface area (Å²) in [7, 11) is 0. The normalized spacial score (nSPS) is 23.8. The first-order valence-electron chi connectivity index (χ1n) is 8.96. The van der Waals surface area contributed by atoms with Crippen molar-refractivity contribution in [2.75, 3.05) is 19.6 Å². The summed E-state index contributed by atoms with van der Waals surface area (Å²) in [4.78, 5) is 15.2. The Bertz CT molecular complexity index is 587. The van der Waals surface area contributed by atoms with E-state index in [1.165, 1.54) is 24.9 Å². The molecule has 4 rings (SSSR count). The summed E-state index contributed by atoms with van der Waals surface area (Å²) in [6.07, 6.45) is 7.02. The predicted octanol–water partition coefficient (Wildman–Crippen LogP) is 3.47. The van der Waals surface area contributed by atoms with Crippen LogP contribution in [0, 0.1) is 5.92 Å². The fraction of sp³-hybridized carbons (Fsp3) is 0.632. The maximum absolute atomic E-state index is 13.1. The number of piperidine rings is 1. The molecule has 0 radical (unpaired) electrons. The van der Waals surface area contributed by atoms with Crippen molar-refractivity contribution in [3.63, 3.8) is 0 Å². The molecule has 1 aliphatic heterocycles. The molecule has 1 heterocycles. The smallest absolute Gasteiger partial charge is 0.233 e. The van der Waals surface area contributed by atoms with Gasteiger partial charge in [-0.05, 0) is 68.7 Å². The van der Waals surface area contributed by atoms with Crippen LogP contribution in [0.1, 0.15) is 44.1 Å². The Morgan fingerprint density at radius 1 is 1.22 bits per heavy atom. The van der Waals surface area contributed by atoms with Crippen LogP contribution in [0.25, 0.3) is 0 Å². The fourth-order valence-electron chi connectivity index (χ4n) is 3.78. The highest BCUT2D eigenvalue weighted by Crippen LogP contribution is 2.50. The van der Waals surface area contributed by atoms with E-state index >= 15 is 0 Å². The van der Waals surface area contributed by atoms with Crippen molar-refractivity contribution in [1.29, 1.82) is 0 Å². The summed E-state index contributed by atoms with van der Waals surface area (Å²) >= 11 is 3.54. The molecule has 1 aromatic carbocycles. The molecule has 4 heteroatoms. The Kier molecular flexibility index (Phi) is 4.22. The third-order valence-corrected chi connectivity index (χ3v) is 6.20. The van der Waals surface area contributed by atoms with E-state index in [0.29, 0.717) is 11.9 Å². The van der Waals surface area contributed by atoms with Gasteiger partial charge in [-0.15, -0.1) is 0 Å². The summed E-state index contributed by atoms with van der Waals surface area (Å²) in [5.41, 5.74) is 0.962. The van der Waals surface area contributed by atoms with Gasteiger partial charge in [0.2, 0.25) is 5.91 Å². The molecule has 0 spiro atoms. The van der Waals surface area contributed by atoms with Gasteiger partial charge in [-0.25, -0.2) is 0 Å². The van der Waals surface area contributed by atoms with Crippen molar-refractivity contribution in [3.8, 4) is 0 Å². The van der Waals surface area contributed by atoms with Gasteiger partial charge in [-0.1, -0.05) is 28.1 Å². The molecule has 0 atom stereocenters. The molecule has 2 saturated carbocycles. The zero-order valence-corrected chi connectivity index (χ0v) is 15.1. The Hall–Kier alpha value is -0.870. The zero-order valence-electron chi connectivity index (χ0n) is 13.6. The Morgan fingerprint density at radius 2 is 1.96 bits per heavy atom. The van der Waals surface area contributed by atoms with E-state index in [-0.39, 0.29) is 5.41 Å². The van der Waals surface area contributed by atoms with Gasteiger partial charge >= 0.3 is 0 Å². The van der Waals surface area contributed by atoms with Crippen LogP contribution in [0.15, 0.2) is 28.7 Å². The molecular formula is C19H25BrN2O. The first-order chi connectivity index (χ1) is 11.2. The van der Waals surface area contributed by atoms with Gasteiger partial charge in [-0.2, -0.15) is 0 Å². The highest BCUT2D eigenvalue weighted by atomic mass is 79.9. The second kappa shape index (κ2) is 6.21. The van der Waals surface area contributed by atoms with Crippen molar-refractivity contribution in [2.24, 2.45) is 5.92 Å². The van der Waals surface area contributed by atoms with Crippen LogP contribution in [-0.2, 0) is 10.2 Å². The van der Waals surface area contributed by atoms with Gasteiger partial charge in [0.25, 0.3) is 0 Å². The average Bonchev–Trinajstić information content (AvgIpc) is 3.47. The summed E-state index contributed by atoms with van der Waals surface area (Å²) in [6.45, 7) is 3.01. The fourth-order valence-corrected chi connectivity index (χ4v) is 4.18.